The summed E-state index contributed by atoms with van der Waals surface area (Å²) in [5.41, 5.74) is 3.00. The van der Waals surface area contributed by atoms with E-state index in [4.69, 9.17) is 12.3 Å². The fourth-order valence-corrected chi connectivity index (χ4v) is 1.27. The van der Waals surface area contributed by atoms with Gasteiger partial charge in [0.25, 0.3) is 0 Å². The summed E-state index contributed by atoms with van der Waals surface area (Å²) in [4.78, 5) is 11.4. The summed E-state index contributed by atoms with van der Waals surface area (Å²) in [6, 6.07) is 9.33. The molecule has 1 atom stereocenters. The minimum Gasteiger partial charge on any atom is -0.294 e. The Hall–Kier alpha value is -1.79. The molecular formula is C11H12N2O. The van der Waals surface area contributed by atoms with Gasteiger partial charge in [-0.1, -0.05) is 30.3 Å². The second-order valence-corrected chi connectivity index (χ2v) is 2.88. The number of rotatable bonds is 3. The molecule has 0 aliphatic heterocycles. The van der Waals surface area contributed by atoms with Crippen LogP contribution in [0.25, 0.3) is 0 Å². The van der Waals surface area contributed by atoms with Crippen molar-refractivity contribution in [3.8, 4) is 12.3 Å². The van der Waals surface area contributed by atoms with Crippen LogP contribution >= 0.6 is 0 Å². The molecule has 0 spiro atoms. The van der Waals surface area contributed by atoms with Crippen molar-refractivity contribution >= 4 is 5.91 Å². The number of nitrogens with two attached hydrogens (primary N) is 1. The predicted molar refractivity (Wildman–Crippen MR) is 55.0 cm³/mol. The molecule has 0 fully saturated rings. The lowest BCUT2D eigenvalue weighted by Crippen LogP contribution is -2.34. The summed E-state index contributed by atoms with van der Waals surface area (Å²) >= 11 is 0. The number of hydrazine groups is 1. The van der Waals surface area contributed by atoms with Crippen LogP contribution in [0, 0.1) is 12.3 Å². The van der Waals surface area contributed by atoms with E-state index >= 15 is 0 Å². The van der Waals surface area contributed by atoms with Crippen molar-refractivity contribution in [2.24, 2.45) is 5.84 Å². The highest BCUT2D eigenvalue weighted by molar-refractivity contribution is 5.83. The Labute approximate surface area is 83.3 Å². The Morgan fingerprint density at radius 3 is 2.64 bits per heavy atom. The summed E-state index contributed by atoms with van der Waals surface area (Å²) in [7, 11) is 0. The smallest absolute Gasteiger partial charge is 0.242 e. The Morgan fingerprint density at radius 2 is 2.14 bits per heavy atom. The van der Waals surface area contributed by atoms with Crippen molar-refractivity contribution in [1.29, 1.82) is 0 Å². The number of hydrogen-bond acceptors (Lipinski definition) is 2. The van der Waals surface area contributed by atoms with Gasteiger partial charge in [0.05, 0.1) is 5.92 Å². The molecule has 0 aromatic heterocycles. The molecule has 72 valence electrons. The largest absolute Gasteiger partial charge is 0.294 e. The van der Waals surface area contributed by atoms with Crippen LogP contribution in [-0.2, 0) is 4.79 Å². The van der Waals surface area contributed by atoms with E-state index in [1.165, 1.54) is 0 Å². The first-order valence-electron chi connectivity index (χ1n) is 4.28. The van der Waals surface area contributed by atoms with E-state index < -0.39 is 0 Å². The number of benzene rings is 1. The average Bonchev–Trinajstić information content (AvgIpc) is 2.26. The van der Waals surface area contributed by atoms with Crippen LogP contribution in [-0.4, -0.2) is 5.91 Å². The molecular weight excluding hydrogens is 176 g/mol. The van der Waals surface area contributed by atoms with Gasteiger partial charge in [0.2, 0.25) is 5.91 Å². The van der Waals surface area contributed by atoms with E-state index in [0.717, 1.165) is 5.56 Å². The average molecular weight is 188 g/mol. The maximum absolute atomic E-state index is 11.4. The summed E-state index contributed by atoms with van der Waals surface area (Å²) in [6.07, 6.45) is 5.54. The topological polar surface area (TPSA) is 55.1 Å². The fraction of sp³-hybridized carbons (Fsp3) is 0.182. The zero-order valence-corrected chi connectivity index (χ0v) is 7.73. The SMILES string of the molecule is C#CCC(C(=O)NN)c1ccccc1. The van der Waals surface area contributed by atoms with Crippen LogP contribution in [0.1, 0.15) is 17.9 Å². The standard InChI is InChI=1S/C11H12N2O/c1-2-6-10(11(14)13-12)9-7-4-3-5-8-9/h1,3-5,7-8,10H,6,12H2,(H,13,14). The van der Waals surface area contributed by atoms with E-state index in [1.807, 2.05) is 30.3 Å². The number of terminal acetylenes is 1. The first-order valence-corrected chi connectivity index (χ1v) is 4.28. The van der Waals surface area contributed by atoms with Gasteiger partial charge in [-0.2, -0.15) is 0 Å². The predicted octanol–water partition coefficient (Wildman–Crippen LogP) is 0.783. The maximum atomic E-state index is 11.4. The zero-order valence-electron chi connectivity index (χ0n) is 7.73. The quantitative estimate of drug-likeness (QED) is 0.319. The highest BCUT2D eigenvalue weighted by atomic mass is 16.2. The molecule has 1 aromatic rings. The molecule has 1 amide bonds. The molecule has 3 nitrogen and oxygen atoms in total. The molecule has 1 unspecified atom stereocenters. The highest BCUT2D eigenvalue weighted by Crippen LogP contribution is 2.18. The van der Waals surface area contributed by atoms with Gasteiger partial charge in [-0.05, 0) is 5.56 Å². The van der Waals surface area contributed by atoms with Crippen LogP contribution in [0.2, 0.25) is 0 Å². The van der Waals surface area contributed by atoms with Crippen molar-refractivity contribution in [3.05, 3.63) is 35.9 Å². The first-order chi connectivity index (χ1) is 6.79. The minimum atomic E-state index is -0.355. The normalized spacial score (nSPS) is 11.4. The lowest BCUT2D eigenvalue weighted by molar-refractivity contribution is -0.122. The number of nitrogens with one attached hydrogen (secondary N) is 1. The van der Waals surface area contributed by atoms with Crippen LogP contribution in [0.4, 0.5) is 0 Å². The van der Waals surface area contributed by atoms with E-state index in [2.05, 4.69) is 11.3 Å². The second kappa shape index (κ2) is 5.05. The molecule has 0 bridgehead atoms. The highest BCUT2D eigenvalue weighted by Gasteiger charge is 2.17. The molecule has 0 heterocycles. The van der Waals surface area contributed by atoms with Crippen LogP contribution in [0.5, 0.6) is 0 Å². The van der Waals surface area contributed by atoms with E-state index in [1.54, 1.807) is 0 Å². The number of amides is 1. The Morgan fingerprint density at radius 1 is 1.50 bits per heavy atom. The molecule has 0 aliphatic rings. The van der Waals surface area contributed by atoms with Gasteiger partial charge in [-0.15, -0.1) is 12.3 Å². The third kappa shape index (κ3) is 2.35. The lowest BCUT2D eigenvalue weighted by atomic mass is 9.95. The zero-order chi connectivity index (χ0) is 10.4. The first kappa shape index (κ1) is 10.3. The molecule has 0 radical (unpaired) electrons. The van der Waals surface area contributed by atoms with Crippen molar-refractivity contribution in [2.45, 2.75) is 12.3 Å². The van der Waals surface area contributed by atoms with E-state index in [0.29, 0.717) is 6.42 Å². The Bertz CT molecular complexity index is 340. The van der Waals surface area contributed by atoms with Crippen molar-refractivity contribution in [3.63, 3.8) is 0 Å². The maximum Gasteiger partial charge on any atom is 0.242 e. The lowest BCUT2D eigenvalue weighted by Gasteiger charge is -2.12. The number of hydrogen-bond donors (Lipinski definition) is 2. The van der Waals surface area contributed by atoms with Crippen molar-refractivity contribution < 1.29 is 4.79 Å². The summed E-state index contributed by atoms with van der Waals surface area (Å²) in [5, 5.41) is 0. The Kier molecular flexibility index (Phi) is 3.71. The summed E-state index contributed by atoms with van der Waals surface area (Å²) in [5.74, 6) is 6.93. The monoisotopic (exact) mass is 188 g/mol. The third-order valence-corrected chi connectivity index (χ3v) is 1.98. The molecule has 0 aliphatic carbocycles. The number of carbonyl (C=O) groups is 1. The van der Waals surface area contributed by atoms with Crippen LogP contribution in [0.15, 0.2) is 30.3 Å². The van der Waals surface area contributed by atoms with Crippen LogP contribution in [0.3, 0.4) is 0 Å². The summed E-state index contributed by atoms with van der Waals surface area (Å²) < 4.78 is 0. The van der Waals surface area contributed by atoms with Crippen molar-refractivity contribution in [2.75, 3.05) is 0 Å². The van der Waals surface area contributed by atoms with Gasteiger partial charge < -0.3 is 0 Å². The molecule has 0 saturated carbocycles. The molecule has 1 aromatic carbocycles. The molecule has 3 N–H and O–H groups in total. The third-order valence-electron chi connectivity index (χ3n) is 1.98. The van der Waals surface area contributed by atoms with Gasteiger partial charge in [-0.3, -0.25) is 10.2 Å². The van der Waals surface area contributed by atoms with Gasteiger partial charge in [-0.25, -0.2) is 5.84 Å². The molecule has 0 saturated heterocycles. The molecule has 3 heteroatoms. The van der Waals surface area contributed by atoms with E-state index in [9.17, 15) is 4.79 Å². The molecule has 1 rings (SSSR count). The molecule has 14 heavy (non-hydrogen) atoms. The van der Waals surface area contributed by atoms with Crippen LogP contribution < -0.4 is 11.3 Å². The summed E-state index contributed by atoms with van der Waals surface area (Å²) in [6.45, 7) is 0. The van der Waals surface area contributed by atoms with Gasteiger partial charge in [0, 0.05) is 6.42 Å². The van der Waals surface area contributed by atoms with Gasteiger partial charge in [0.15, 0.2) is 0 Å². The number of carbonyl (C=O) groups excluding carboxylic acids is 1. The second-order valence-electron chi connectivity index (χ2n) is 2.88. The van der Waals surface area contributed by atoms with Crippen molar-refractivity contribution in [1.82, 2.24) is 5.43 Å². The minimum absolute atomic E-state index is 0.255. The van der Waals surface area contributed by atoms with E-state index in [-0.39, 0.29) is 11.8 Å². The van der Waals surface area contributed by atoms with Gasteiger partial charge in [0.1, 0.15) is 0 Å². The van der Waals surface area contributed by atoms with Gasteiger partial charge >= 0.3 is 0 Å². The fourth-order valence-electron chi connectivity index (χ4n) is 1.27. The Balaban J connectivity index is 2.90.